The molecule has 28 heavy (non-hydrogen) atoms. The standard InChI is InChI=1S/C22H28N2O3S/c1-4-20(18-12-11-16-7-5-6-8-17(16)13-18)23-22(25)19-10-9-15(2)21(14-19)24-28(3,26)27/h9-14,20,24H,4-8H2,1-3H3,(H,23,25)/t20-/m0/s1. The average molecular weight is 401 g/mol. The normalized spacial score (nSPS) is 14.8. The molecule has 0 radical (unpaired) electrons. The Hall–Kier alpha value is -2.34. The Morgan fingerprint density at radius 2 is 1.79 bits per heavy atom. The number of anilines is 1. The number of hydrogen-bond acceptors (Lipinski definition) is 3. The van der Waals surface area contributed by atoms with E-state index in [0.717, 1.165) is 36.6 Å². The van der Waals surface area contributed by atoms with Crippen LogP contribution in [0.3, 0.4) is 0 Å². The van der Waals surface area contributed by atoms with Gasteiger partial charge in [-0.3, -0.25) is 9.52 Å². The predicted octanol–water partition coefficient (Wildman–Crippen LogP) is 4.13. The first-order valence-corrected chi connectivity index (χ1v) is 11.7. The summed E-state index contributed by atoms with van der Waals surface area (Å²) in [6.07, 6.45) is 6.59. The van der Waals surface area contributed by atoms with Crippen molar-refractivity contribution in [3.63, 3.8) is 0 Å². The van der Waals surface area contributed by atoms with E-state index >= 15 is 0 Å². The Balaban J connectivity index is 1.80. The van der Waals surface area contributed by atoms with Gasteiger partial charge in [-0.25, -0.2) is 8.42 Å². The SMILES string of the molecule is CC[C@H](NC(=O)c1ccc(C)c(NS(C)(=O)=O)c1)c1ccc2c(c1)CCCC2. The molecule has 1 aliphatic carbocycles. The highest BCUT2D eigenvalue weighted by Crippen LogP contribution is 2.26. The maximum absolute atomic E-state index is 12.8. The molecule has 0 fully saturated rings. The molecule has 2 N–H and O–H groups in total. The topological polar surface area (TPSA) is 75.3 Å². The van der Waals surface area contributed by atoms with Crippen LogP contribution >= 0.6 is 0 Å². The number of hydrogen-bond donors (Lipinski definition) is 2. The van der Waals surface area contributed by atoms with Crippen LogP contribution in [0.1, 0.15) is 64.8 Å². The van der Waals surface area contributed by atoms with Crippen LogP contribution in [0.2, 0.25) is 0 Å². The average Bonchev–Trinajstić information content (AvgIpc) is 2.66. The van der Waals surface area contributed by atoms with E-state index in [4.69, 9.17) is 0 Å². The second-order valence-corrected chi connectivity index (χ2v) is 9.32. The molecular formula is C22H28N2O3S. The summed E-state index contributed by atoms with van der Waals surface area (Å²) in [6.45, 7) is 3.85. The monoisotopic (exact) mass is 400 g/mol. The summed E-state index contributed by atoms with van der Waals surface area (Å²) >= 11 is 0. The van der Waals surface area contributed by atoms with E-state index < -0.39 is 10.0 Å². The zero-order valence-corrected chi connectivity index (χ0v) is 17.5. The minimum atomic E-state index is -3.40. The van der Waals surface area contributed by atoms with Crippen LogP contribution in [0.5, 0.6) is 0 Å². The van der Waals surface area contributed by atoms with Crippen molar-refractivity contribution < 1.29 is 13.2 Å². The van der Waals surface area contributed by atoms with Crippen molar-refractivity contribution in [2.75, 3.05) is 11.0 Å². The predicted molar refractivity (Wildman–Crippen MR) is 113 cm³/mol. The zero-order chi connectivity index (χ0) is 20.3. The molecule has 0 bridgehead atoms. The molecule has 1 aliphatic rings. The molecule has 6 heteroatoms. The van der Waals surface area contributed by atoms with E-state index in [1.54, 1.807) is 25.1 Å². The maximum atomic E-state index is 12.8. The number of carbonyl (C=O) groups is 1. The lowest BCUT2D eigenvalue weighted by Crippen LogP contribution is -2.28. The molecule has 0 heterocycles. The number of nitrogens with one attached hydrogen (secondary N) is 2. The summed E-state index contributed by atoms with van der Waals surface area (Å²) in [5.41, 5.74) is 5.57. The van der Waals surface area contributed by atoms with Gasteiger partial charge in [-0.1, -0.05) is 31.2 Å². The molecule has 2 aromatic rings. The van der Waals surface area contributed by atoms with Gasteiger partial charge in [0.25, 0.3) is 5.91 Å². The third-order valence-electron chi connectivity index (χ3n) is 5.28. The van der Waals surface area contributed by atoms with Crippen LogP contribution in [-0.2, 0) is 22.9 Å². The summed E-state index contributed by atoms with van der Waals surface area (Å²) in [5.74, 6) is -0.207. The summed E-state index contributed by atoms with van der Waals surface area (Å²) in [7, 11) is -3.40. The number of amides is 1. The molecule has 0 unspecified atom stereocenters. The zero-order valence-electron chi connectivity index (χ0n) is 16.7. The lowest BCUT2D eigenvalue weighted by molar-refractivity contribution is 0.0935. The van der Waals surface area contributed by atoms with Crippen molar-refractivity contribution in [3.8, 4) is 0 Å². The van der Waals surface area contributed by atoms with Gasteiger partial charge in [-0.2, -0.15) is 0 Å². The quantitative estimate of drug-likeness (QED) is 0.766. The van der Waals surface area contributed by atoms with Crippen LogP contribution in [0.4, 0.5) is 5.69 Å². The molecule has 2 aromatic carbocycles. The molecule has 0 aliphatic heterocycles. The van der Waals surface area contributed by atoms with Gasteiger partial charge >= 0.3 is 0 Å². The Labute approximate surface area is 167 Å². The summed E-state index contributed by atoms with van der Waals surface area (Å²) < 4.78 is 25.6. The Bertz CT molecular complexity index is 983. The van der Waals surface area contributed by atoms with Crippen molar-refractivity contribution in [1.82, 2.24) is 5.32 Å². The van der Waals surface area contributed by atoms with Crippen LogP contribution in [-0.4, -0.2) is 20.6 Å². The third-order valence-corrected chi connectivity index (χ3v) is 5.87. The van der Waals surface area contributed by atoms with Gasteiger partial charge in [-0.15, -0.1) is 0 Å². The fraction of sp³-hybridized carbons (Fsp3) is 0.409. The number of benzene rings is 2. The number of aryl methyl sites for hydroxylation is 3. The molecule has 0 spiro atoms. The third kappa shape index (κ3) is 4.93. The minimum absolute atomic E-state index is 0.0765. The van der Waals surface area contributed by atoms with Crippen LogP contribution in [0.25, 0.3) is 0 Å². The number of fused-ring (bicyclic) bond motifs is 1. The Morgan fingerprint density at radius 1 is 1.07 bits per heavy atom. The van der Waals surface area contributed by atoms with Gasteiger partial charge in [0.05, 0.1) is 18.0 Å². The van der Waals surface area contributed by atoms with Crippen LogP contribution < -0.4 is 10.0 Å². The van der Waals surface area contributed by atoms with E-state index in [2.05, 4.69) is 35.2 Å². The summed E-state index contributed by atoms with van der Waals surface area (Å²) in [6, 6.07) is 11.5. The number of sulfonamides is 1. The van der Waals surface area contributed by atoms with Gasteiger partial charge in [0.1, 0.15) is 0 Å². The molecule has 1 amide bonds. The maximum Gasteiger partial charge on any atom is 0.251 e. The van der Waals surface area contributed by atoms with E-state index in [-0.39, 0.29) is 11.9 Å². The lowest BCUT2D eigenvalue weighted by Gasteiger charge is -2.22. The molecule has 150 valence electrons. The van der Waals surface area contributed by atoms with E-state index in [9.17, 15) is 13.2 Å². The summed E-state index contributed by atoms with van der Waals surface area (Å²) in [4.78, 5) is 12.8. The molecule has 3 rings (SSSR count). The number of rotatable bonds is 6. The second kappa shape index (κ2) is 8.35. The Morgan fingerprint density at radius 3 is 2.46 bits per heavy atom. The van der Waals surface area contributed by atoms with Crippen molar-refractivity contribution >= 4 is 21.6 Å². The van der Waals surface area contributed by atoms with Gasteiger partial charge in [0.15, 0.2) is 0 Å². The van der Waals surface area contributed by atoms with E-state index in [0.29, 0.717) is 11.3 Å². The molecule has 0 aromatic heterocycles. The van der Waals surface area contributed by atoms with Gasteiger partial charge in [-0.05, 0) is 73.4 Å². The van der Waals surface area contributed by atoms with Crippen molar-refractivity contribution in [2.24, 2.45) is 0 Å². The van der Waals surface area contributed by atoms with Crippen molar-refractivity contribution in [1.29, 1.82) is 0 Å². The van der Waals surface area contributed by atoms with Gasteiger partial charge in [0.2, 0.25) is 10.0 Å². The van der Waals surface area contributed by atoms with Gasteiger partial charge < -0.3 is 5.32 Å². The van der Waals surface area contributed by atoms with Crippen LogP contribution in [0.15, 0.2) is 36.4 Å². The molecular weight excluding hydrogens is 372 g/mol. The van der Waals surface area contributed by atoms with Crippen molar-refractivity contribution in [3.05, 3.63) is 64.2 Å². The second-order valence-electron chi connectivity index (χ2n) is 7.57. The molecule has 0 saturated heterocycles. The van der Waals surface area contributed by atoms with Crippen molar-refractivity contribution in [2.45, 2.75) is 52.0 Å². The highest BCUT2D eigenvalue weighted by Gasteiger charge is 2.18. The molecule has 5 nitrogen and oxygen atoms in total. The first-order valence-electron chi connectivity index (χ1n) is 9.78. The van der Waals surface area contributed by atoms with Gasteiger partial charge in [0, 0.05) is 5.56 Å². The first kappa shape index (κ1) is 20.4. The minimum Gasteiger partial charge on any atom is -0.345 e. The summed E-state index contributed by atoms with van der Waals surface area (Å²) in [5, 5.41) is 3.10. The Kier molecular flexibility index (Phi) is 6.08. The fourth-order valence-corrected chi connectivity index (χ4v) is 4.33. The largest absolute Gasteiger partial charge is 0.345 e. The smallest absolute Gasteiger partial charge is 0.251 e. The molecule has 0 saturated carbocycles. The molecule has 1 atom stereocenters. The highest BCUT2D eigenvalue weighted by atomic mass is 32.2. The fourth-order valence-electron chi connectivity index (χ4n) is 3.71. The first-order chi connectivity index (χ1) is 13.3. The lowest BCUT2D eigenvalue weighted by atomic mass is 9.88. The van der Waals surface area contributed by atoms with E-state index in [1.165, 1.54) is 24.0 Å². The number of carbonyl (C=O) groups excluding carboxylic acids is 1. The van der Waals surface area contributed by atoms with E-state index in [1.807, 2.05) is 0 Å². The highest BCUT2D eigenvalue weighted by molar-refractivity contribution is 7.92. The van der Waals surface area contributed by atoms with Crippen LogP contribution in [0, 0.1) is 6.92 Å².